The lowest BCUT2D eigenvalue weighted by atomic mass is 9.76. The van der Waals surface area contributed by atoms with E-state index in [2.05, 4.69) is 41.1 Å². The van der Waals surface area contributed by atoms with Crippen LogP contribution in [-0.4, -0.2) is 16.2 Å². The summed E-state index contributed by atoms with van der Waals surface area (Å²) < 4.78 is 0. The first-order valence-electron chi connectivity index (χ1n) is 8.02. The minimum absolute atomic E-state index is 0.160. The Bertz CT molecular complexity index is 879. The van der Waals surface area contributed by atoms with Gasteiger partial charge in [0.1, 0.15) is 11.9 Å². The van der Waals surface area contributed by atoms with Crippen molar-refractivity contribution in [3.63, 3.8) is 0 Å². The van der Waals surface area contributed by atoms with E-state index in [1.807, 2.05) is 30.3 Å². The standard InChI is InChI=1S/C21H17BrO2/c1-13-19(22)11-10-17-16-4-2-3-5-18(16)21(24,20(13)17)15-8-6-14(12-23)7-9-15/h2-13,19,24H,1H3/t13?,19?,21-/m0/s1. The van der Waals surface area contributed by atoms with E-state index in [1.165, 1.54) is 0 Å². The number of allylic oxidation sites excluding steroid dienone is 3. The summed E-state index contributed by atoms with van der Waals surface area (Å²) in [6.07, 6.45) is 5.06. The Hall–Kier alpha value is -1.97. The van der Waals surface area contributed by atoms with Gasteiger partial charge in [-0.1, -0.05) is 83.5 Å². The van der Waals surface area contributed by atoms with Crippen molar-refractivity contribution in [3.8, 4) is 0 Å². The van der Waals surface area contributed by atoms with Gasteiger partial charge in [-0.3, -0.25) is 4.79 Å². The van der Waals surface area contributed by atoms with Crippen LogP contribution in [0.25, 0.3) is 5.57 Å². The van der Waals surface area contributed by atoms with Crippen LogP contribution in [0.2, 0.25) is 0 Å². The molecule has 0 fully saturated rings. The Kier molecular flexibility index (Phi) is 3.59. The second kappa shape index (κ2) is 5.54. The summed E-state index contributed by atoms with van der Waals surface area (Å²) in [5.74, 6) is 0.160. The number of benzene rings is 2. The number of rotatable bonds is 2. The fraction of sp³-hybridized carbons (Fsp3) is 0.190. The van der Waals surface area contributed by atoms with Gasteiger partial charge >= 0.3 is 0 Å². The number of aldehydes is 1. The molecule has 0 amide bonds. The van der Waals surface area contributed by atoms with E-state index in [9.17, 15) is 9.90 Å². The average Bonchev–Trinajstić information content (AvgIpc) is 2.89. The third-order valence-electron chi connectivity index (χ3n) is 5.13. The predicted molar refractivity (Wildman–Crippen MR) is 99.2 cm³/mol. The van der Waals surface area contributed by atoms with Crippen LogP contribution in [0.5, 0.6) is 0 Å². The predicted octanol–water partition coefficient (Wildman–Crippen LogP) is 4.47. The molecule has 24 heavy (non-hydrogen) atoms. The number of alkyl halides is 1. The van der Waals surface area contributed by atoms with Crippen LogP contribution in [0, 0.1) is 5.92 Å². The topological polar surface area (TPSA) is 37.3 Å². The normalized spacial score (nSPS) is 27.8. The highest BCUT2D eigenvalue weighted by Crippen LogP contribution is 2.54. The molecule has 120 valence electrons. The molecule has 2 aromatic carbocycles. The molecule has 4 rings (SSSR count). The molecule has 0 heterocycles. The van der Waals surface area contributed by atoms with E-state index in [0.29, 0.717) is 5.56 Å². The summed E-state index contributed by atoms with van der Waals surface area (Å²) in [4.78, 5) is 11.1. The van der Waals surface area contributed by atoms with Crippen molar-refractivity contribution in [2.45, 2.75) is 17.4 Å². The van der Waals surface area contributed by atoms with Gasteiger partial charge in [0.15, 0.2) is 0 Å². The van der Waals surface area contributed by atoms with E-state index >= 15 is 0 Å². The SMILES string of the molecule is CC1C2=C(C=CC1Br)c1ccccc1[C@@]2(O)c1ccc(C=O)cc1. The van der Waals surface area contributed by atoms with E-state index < -0.39 is 5.60 Å². The zero-order chi connectivity index (χ0) is 16.9. The quantitative estimate of drug-likeness (QED) is 0.616. The minimum atomic E-state index is -1.16. The molecule has 0 saturated heterocycles. The number of fused-ring (bicyclic) bond motifs is 2. The number of halogens is 1. The lowest BCUT2D eigenvalue weighted by Gasteiger charge is -2.34. The number of aliphatic hydroxyl groups is 1. The van der Waals surface area contributed by atoms with Crippen molar-refractivity contribution in [2.75, 3.05) is 0 Å². The van der Waals surface area contributed by atoms with E-state index in [4.69, 9.17) is 0 Å². The summed E-state index contributed by atoms with van der Waals surface area (Å²) >= 11 is 3.70. The summed E-state index contributed by atoms with van der Waals surface area (Å²) in [7, 11) is 0. The van der Waals surface area contributed by atoms with Crippen molar-refractivity contribution in [2.24, 2.45) is 5.92 Å². The van der Waals surface area contributed by atoms with Crippen LogP contribution < -0.4 is 0 Å². The van der Waals surface area contributed by atoms with E-state index in [1.54, 1.807) is 12.1 Å². The van der Waals surface area contributed by atoms with E-state index in [-0.39, 0.29) is 10.7 Å². The van der Waals surface area contributed by atoms with E-state index in [0.717, 1.165) is 34.1 Å². The molecule has 3 heteroatoms. The lowest BCUT2D eigenvalue weighted by molar-refractivity contribution is 0.111. The molecule has 0 aliphatic heterocycles. The van der Waals surface area contributed by atoms with Crippen LogP contribution >= 0.6 is 15.9 Å². The van der Waals surface area contributed by atoms with Gasteiger partial charge < -0.3 is 5.11 Å². The molecule has 0 saturated carbocycles. The second-order valence-electron chi connectivity index (χ2n) is 6.42. The second-order valence-corrected chi connectivity index (χ2v) is 7.47. The van der Waals surface area contributed by atoms with Gasteiger partial charge in [0.25, 0.3) is 0 Å². The molecule has 3 atom stereocenters. The van der Waals surface area contributed by atoms with Crippen LogP contribution in [0.1, 0.15) is 34.0 Å². The monoisotopic (exact) mass is 380 g/mol. The largest absolute Gasteiger partial charge is 0.376 e. The molecular formula is C21H17BrO2. The van der Waals surface area contributed by atoms with Crippen molar-refractivity contribution in [3.05, 3.63) is 88.5 Å². The number of hydrogen-bond donors (Lipinski definition) is 1. The smallest absolute Gasteiger partial charge is 0.150 e. The summed E-state index contributed by atoms with van der Waals surface area (Å²) in [5.41, 5.74) is 4.36. The van der Waals surface area contributed by atoms with Gasteiger partial charge in [0.05, 0.1) is 0 Å². The Morgan fingerprint density at radius 2 is 1.83 bits per heavy atom. The van der Waals surface area contributed by atoms with Gasteiger partial charge in [0, 0.05) is 16.0 Å². The zero-order valence-electron chi connectivity index (χ0n) is 13.2. The Balaban J connectivity index is 1.99. The number of hydrogen-bond acceptors (Lipinski definition) is 2. The van der Waals surface area contributed by atoms with Gasteiger partial charge in [-0.25, -0.2) is 0 Å². The molecule has 1 N–H and O–H groups in total. The Morgan fingerprint density at radius 1 is 1.12 bits per heavy atom. The van der Waals surface area contributed by atoms with Crippen molar-refractivity contribution in [1.82, 2.24) is 0 Å². The maximum atomic E-state index is 11.9. The first kappa shape index (κ1) is 15.6. The first-order valence-corrected chi connectivity index (χ1v) is 8.94. The Labute approximate surface area is 149 Å². The Morgan fingerprint density at radius 3 is 2.54 bits per heavy atom. The van der Waals surface area contributed by atoms with Gasteiger partial charge in [-0.05, 0) is 28.2 Å². The van der Waals surface area contributed by atoms with Crippen LogP contribution in [0.4, 0.5) is 0 Å². The molecular weight excluding hydrogens is 364 g/mol. The van der Waals surface area contributed by atoms with Crippen molar-refractivity contribution in [1.29, 1.82) is 0 Å². The number of carbonyl (C=O) groups is 1. The average molecular weight is 381 g/mol. The first-order chi connectivity index (χ1) is 11.6. The van der Waals surface area contributed by atoms with Gasteiger partial charge in [-0.2, -0.15) is 0 Å². The van der Waals surface area contributed by atoms with Crippen molar-refractivity contribution >= 4 is 27.8 Å². The van der Waals surface area contributed by atoms with Gasteiger partial charge in [0.2, 0.25) is 0 Å². The molecule has 2 aliphatic carbocycles. The molecule has 2 aliphatic rings. The maximum Gasteiger partial charge on any atom is 0.150 e. The highest BCUT2D eigenvalue weighted by Gasteiger charge is 2.48. The van der Waals surface area contributed by atoms with Crippen molar-refractivity contribution < 1.29 is 9.90 Å². The molecule has 0 spiro atoms. The summed E-state index contributed by atoms with van der Waals surface area (Å²) in [5, 5.41) is 11.9. The highest BCUT2D eigenvalue weighted by molar-refractivity contribution is 9.09. The van der Waals surface area contributed by atoms with Crippen LogP contribution in [0.3, 0.4) is 0 Å². The zero-order valence-corrected chi connectivity index (χ0v) is 14.8. The minimum Gasteiger partial charge on any atom is -0.376 e. The number of carbonyl (C=O) groups excluding carboxylic acids is 1. The fourth-order valence-corrected chi connectivity index (χ4v) is 4.32. The summed E-state index contributed by atoms with van der Waals surface area (Å²) in [6.45, 7) is 2.13. The molecule has 2 nitrogen and oxygen atoms in total. The van der Waals surface area contributed by atoms with Crippen LogP contribution in [-0.2, 0) is 5.60 Å². The maximum absolute atomic E-state index is 11.9. The highest BCUT2D eigenvalue weighted by atomic mass is 79.9. The van der Waals surface area contributed by atoms with Crippen LogP contribution in [0.15, 0.2) is 66.3 Å². The third kappa shape index (κ3) is 2.01. The lowest BCUT2D eigenvalue weighted by Crippen LogP contribution is -2.33. The molecule has 2 unspecified atom stereocenters. The molecule has 0 aromatic heterocycles. The third-order valence-corrected chi connectivity index (χ3v) is 6.23. The molecule has 0 radical (unpaired) electrons. The van der Waals surface area contributed by atoms with Gasteiger partial charge in [-0.15, -0.1) is 0 Å². The molecule has 0 bridgehead atoms. The summed E-state index contributed by atoms with van der Waals surface area (Å²) in [6, 6.07) is 15.2. The molecule has 2 aromatic rings. The fourth-order valence-electron chi connectivity index (χ4n) is 3.90.